The number of rotatable bonds is 6. The summed E-state index contributed by atoms with van der Waals surface area (Å²) < 4.78 is 27.4. The Morgan fingerprint density at radius 2 is 1.68 bits per heavy atom. The zero-order valence-corrected chi connectivity index (χ0v) is 19.5. The number of sulfonamides is 1. The summed E-state index contributed by atoms with van der Waals surface area (Å²) in [5.41, 5.74) is 3.43. The summed E-state index contributed by atoms with van der Waals surface area (Å²) >= 11 is 6.00. The normalized spacial score (nSPS) is 11.4. The summed E-state index contributed by atoms with van der Waals surface area (Å²) in [6.45, 7) is 6.05. The minimum atomic E-state index is -3.87. The second-order valence-electron chi connectivity index (χ2n) is 7.63. The van der Waals surface area contributed by atoms with Crippen molar-refractivity contribution in [3.05, 3.63) is 88.4 Å². The third kappa shape index (κ3) is 4.92. The molecule has 0 aliphatic carbocycles. The Morgan fingerprint density at radius 3 is 2.35 bits per heavy atom. The fourth-order valence-corrected chi connectivity index (χ4v) is 4.71. The third-order valence-electron chi connectivity index (χ3n) is 5.09. The fourth-order valence-electron chi connectivity index (χ4n) is 3.29. The van der Waals surface area contributed by atoms with Gasteiger partial charge in [-0.3, -0.25) is 9.10 Å². The summed E-state index contributed by atoms with van der Waals surface area (Å²) in [5, 5.41) is 3.40. The van der Waals surface area contributed by atoms with Gasteiger partial charge in [0.15, 0.2) is 0 Å². The molecule has 162 valence electrons. The number of halogens is 1. The second kappa shape index (κ2) is 9.12. The number of benzene rings is 3. The topological polar surface area (TPSA) is 66.5 Å². The molecule has 0 atom stereocenters. The quantitative estimate of drug-likeness (QED) is 0.506. The summed E-state index contributed by atoms with van der Waals surface area (Å²) in [5.74, 6) is -0.132. The van der Waals surface area contributed by atoms with Crippen molar-refractivity contribution >= 4 is 38.9 Å². The van der Waals surface area contributed by atoms with Gasteiger partial charge in [0.25, 0.3) is 15.9 Å². The monoisotopic (exact) mass is 456 g/mol. The molecule has 0 aromatic heterocycles. The van der Waals surface area contributed by atoms with E-state index in [9.17, 15) is 13.2 Å². The molecule has 0 saturated carbocycles. The Morgan fingerprint density at radius 1 is 1.00 bits per heavy atom. The minimum absolute atomic E-state index is 0.0245. The fraction of sp³-hybridized carbons (Fsp3) is 0.208. The van der Waals surface area contributed by atoms with Crippen molar-refractivity contribution in [1.29, 1.82) is 0 Å². The predicted octanol–water partition coefficient (Wildman–Crippen LogP) is 5.85. The van der Waals surface area contributed by atoms with Gasteiger partial charge in [0.2, 0.25) is 0 Å². The number of hydrogen-bond donors (Lipinski definition) is 1. The highest BCUT2D eigenvalue weighted by atomic mass is 35.5. The lowest BCUT2D eigenvalue weighted by molar-refractivity contribution is 0.102. The van der Waals surface area contributed by atoms with Crippen LogP contribution in [0.4, 0.5) is 11.4 Å². The summed E-state index contributed by atoms with van der Waals surface area (Å²) in [7, 11) is -2.42. The first kappa shape index (κ1) is 22.8. The van der Waals surface area contributed by atoms with Crippen LogP contribution in [0.25, 0.3) is 0 Å². The van der Waals surface area contributed by atoms with Gasteiger partial charge in [-0.1, -0.05) is 55.8 Å². The van der Waals surface area contributed by atoms with E-state index < -0.39 is 10.0 Å². The Hall–Kier alpha value is -2.83. The lowest BCUT2D eigenvalue weighted by Gasteiger charge is -2.20. The molecule has 3 aromatic carbocycles. The van der Waals surface area contributed by atoms with Crippen molar-refractivity contribution in [3.8, 4) is 0 Å². The minimum Gasteiger partial charge on any atom is -0.321 e. The van der Waals surface area contributed by atoms with Crippen molar-refractivity contribution in [2.45, 2.75) is 31.6 Å². The number of nitrogens with one attached hydrogen (secondary N) is 1. The van der Waals surface area contributed by atoms with Crippen LogP contribution in [0, 0.1) is 6.92 Å². The van der Waals surface area contributed by atoms with E-state index >= 15 is 0 Å². The van der Waals surface area contributed by atoms with E-state index in [0.717, 1.165) is 21.1 Å². The molecule has 0 radical (unpaired) electrons. The van der Waals surface area contributed by atoms with Crippen molar-refractivity contribution in [2.75, 3.05) is 16.7 Å². The maximum atomic E-state index is 13.1. The molecule has 0 bridgehead atoms. The van der Waals surface area contributed by atoms with Crippen molar-refractivity contribution < 1.29 is 13.2 Å². The van der Waals surface area contributed by atoms with Crippen LogP contribution in [0.1, 0.15) is 41.3 Å². The van der Waals surface area contributed by atoms with Crippen LogP contribution in [0.3, 0.4) is 0 Å². The number of carbonyl (C=O) groups excluding carboxylic acids is 1. The Bertz CT molecular complexity index is 1220. The molecule has 0 fully saturated rings. The average molecular weight is 457 g/mol. The van der Waals surface area contributed by atoms with Gasteiger partial charge < -0.3 is 5.32 Å². The number of amides is 1. The molecule has 0 heterocycles. The summed E-state index contributed by atoms with van der Waals surface area (Å²) in [4.78, 5) is 13.0. The lowest BCUT2D eigenvalue weighted by atomic mass is 9.98. The highest BCUT2D eigenvalue weighted by Gasteiger charge is 2.23. The lowest BCUT2D eigenvalue weighted by Crippen LogP contribution is -2.27. The number of carbonyl (C=O) groups is 1. The van der Waals surface area contributed by atoms with Gasteiger partial charge >= 0.3 is 0 Å². The number of anilines is 2. The molecule has 31 heavy (non-hydrogen) atoms. The van der Waals surface area contributed by atoms with Crippen LogP contribution in [0.2, 0.25) is 5.02 Å². The van der Waals surface area contributed by atoms with Crippen LogP contribution in [-0.4, -0.2) is 21.4 Å². The van der Waals surface area contributed by atoms with Crippen LogP contribution < -0.4 is 9.62 Å². The largest absolute Gasteiger partial charge is 0.321 e. The van der Waals surface area contributed by atoms with Gasteiger partial charge in [0, 0.05) is 23.3 Å². The molecule has 0 aliphatic heterocycles. The third-order valence-corrected chi connectivity index (χ3v) is 7.11. The van der Waals surface area contributed by atoms with Gasteiger partial charge in [-0.15, -0.1) is 0 Å². The Labute approximate surface area is 188 Å². The molecule has 3 aromatic rings. The number of nitrogens with zero attached hydrogens (tertiary/aromatic N) is 1. The summed E-state index contributed by atoms with van der Waals surface area (Å²) in [6, 6.07) is 18.5. The van der Waals surface area contributed by atoms with E-state index in [1.165, 1.54) is 19.2 Å². The first-order valence-corrected chi connectivity index (χ1v) is 11.7. The predicted molar refractivity (Wildman–Crippen MR) is 127 cm³/mol. The first-order valence-electron chi connectivity index (χ1n) is 9.86. The Kier molecular flexibility index (Phi) is 6.72. The molecule has 0 saturated heterocycles. The van der Waals surface area contributed by atoms with E-state index in [1.807, 2.05) is 25.1 Å². The van der Waals surface area contributed by atoms with Crippen LogP contribution >= 0.6 is 11.6 Å². The standard InChI is InChI=1S/C24H25ClN2O3S/c1-16(2)22-13-5-8-17(3)23(22)26-24(28)18-9-6-12-21(14-18)31(29,30)27(4)20-11-7-10-19(25)15-20/h5-16H,1-4H3,(H,26,28). The maximum absolute atomic E-state index is 13.1. The molecule has 0 unspecified atom stereocenters. The number of aryl methyl sites for hydroxylation is 1. The van der Waals surface area contributed by atoms with E-state index in [1.54, 1.807) is 36.4 Å². The molecule has 3 rings (SSSR count). The van der Waals surface area contributed by atoms with Crippen molar-refractivity contribution in [1.82, 2.24) is 0 Å². The van der Waals surface area contributed by atoms with E-state index in [-0.39, 0.29) is 22.3 Å². The van der Waals surface area contributed by atoms with Gasteiger partial charge in [-0.2, -0.15) is 0 Å². The number of para-hydroxylation sites is 1. The smallest absolute Gasteiger partial charge is 0.264 e. The molecular weight excluding hydrogens is 432 g/mol. The van der Waals surface area contributed by atoms with Gasteiger partial charge in [-0.25, -0.2) is 8.42 Å². The van der Waals surface area contributed by atoms with Gasteiger partial charge in [0.05, 0.1) is 10.6 Å². The highest BCUT2D eigenvalue weighted by molar-refractivity contribution is 7.92. The molecule has 0 aliphatic rings. The molecule has 7 heteroatoms. The van der Waals surface area contributed by atoms with Gasteiger partial charge in [-0.05, 0) is 60.4 Å². The summed E-state index contributed by atoms with van der Waals surface area (Å²) in [6.07, 6.45) is 0. The van der Waals surface area contributed by atoms with E-state index in [2.05, 4.69) is 19.2 Å². The van der Waals surface area contributed by atoms with Crippen LogP contribution in [0.5, 0.6) is 0 Å². The van der Waals surface area contributed by atoms with Crippen LogP contribution in [-0.2, 0) is 10.0 Å². The van der Waals surface area contributed by atoms with Crippen LogP contribution in [0.15, 0.2) is 71.6 Å². The first-order chi connectivity index (χ1) is 14.6. The zero-order valence-electron chi connectivity index (χ0n) is 17.9. The van der Waals surface area contributed by atoms with E-state index in [4.69, 9.17) is 11.6 Å². The SMILES string of the molecule is Cc1cccc(C(C)C)c1NC(=O)c1cccc(S(=O)(=O)N(C)c2cccc(Cl)c2)c1. The van der Waals surface area contributed by atoms with Crippen molar-refractivity contribution in [2.24, 2.45) is 0 Å². The highest BCUT2D eigenvalue weighted by Crippen LogP contribution is 2.29. The molecule has 0 spiro atoms. The average Bonchev–Trinajstić information content (AvgIpc) is 2.74. The molecule has 1 N–H and O–H groups in total. The molecular formula is C24H25ClN2O3S. The molecule has 5 nitrogen and oxygen atoms in total. The number of hydrogen-bond acceptors (Lipinski definition) is 3. The second-order valence-corrected chi connectivity index (χ2v) is 10.0. The van der Waals surface area contributed by atoms with Crippen molar-refractivity contribution in [3.63, 3.8) is 0 Å². The Balaban J connectivity index is 1.92. The van der Waals surface area contributed by atoms with Gasteiger partial charge in [0.1, 0.15) is 0 Å². The maximum Gasteiger partial charge on any atom is 0.264 e. The van der Waals surface area contributed by atoms with E-state index in [0.29, 0.717) is 10.7 Å². The molecule has 1 amide bonds. The zero-order chi connectivity index (χ0) is 22.8.